The lowest BCUT2D eigenvalue weighted by Gasteiger charge is -2.29. The van der Waals surface area contributed by atoms with Crippen LogP contribution in [0.25, 0.3) is 11.0 Å². The average Bonchev–Trinajstić information content (AvgIpc) is 3.22. The van der Waals surface area contributed by atoms with Crippen LogP contribution in [0, 0.1) is 11.7 Å². The lowest BCUT2D eigenvalue weighted by atomic mass is 9.86. The second-order valence-corrected chi connectivity index (χ2v) is 9.77. The van der Waals surface area contributed by atoms with E-state index in [1.165, 1.54) is 49.1 Å². The van der Waals surface area contributed by atoms with E-state index in [9.17, 15) is 19.1 Å². The number of benzene rings is 2. The van der Waals surface area contributed by atoms with Gasteiger partial charge in [-0.15, -0.1) is 12.4 Å². The van der Waals surface area contributed by atoms with E-state index in [4.69, 9.17) is 4.98 Å². The smallest absolute Gasteiger partial charge is 0.306 e. The monoisotopic (exact) mass is 514 g/mol. The molecule has 0 spiro atoms. The number of hydrogen-bond donors (Lipinski definition) is 2. The molecule has 1 saturated carbocycles. The van der Waals surface area contributed by atoms with E-state index in [1.807, 2.05) is 6.07 Å². The summed E-state index contributed by atoms with van der Waals surface area (Å²) in [6.07, 6.45) is 6.35. The minimum absolute atomic E-state index is 0. The highest BCUT2D eigenvalue weighted by Gasteiger charge is 2.29. The number of imidazole rings is 1. The normalized spacial score (nSPS) is 20.6. The van der Waals surface area contributed by atoms with Gasteiger partial charge in [0.25, 0.3) is 5.91 Å². The van der Waals surface area contributed by atoms with Crippen molar-refractivity contribution in [2.24, 2.45) is 5.92 Å². The third kappa shape index (κ3) is 5.71. The summed E-state index contributed by atoms with van der Waals surface area (Å²) in [6.45, 7) is 3.09. The number of aliphatic carboxylic acids is 1. The van der Waals surface area contributed by atoms with Crippen molar-refractivity contribution in [1.82, 2.24) is 14.5 Å². The molecular formula is C27H32ClFN4O3. The summed E-state index contributed by atoms with van der Waals surface area (Å²) in [7, 11) is 0. The number of halogens is 2. The zero-order chi connectivity index (χ0) is 24.4. The van der Waals surface area contributed by atoms with Crippen LogP contribution in [0.15, 0.2) is 42.5 Å². The summed E-state index contributed by atoms with van der Waals surface area (Å²) >= 11 is 0. The van der Waals surface area contributed by atoms with Gasteiger partial charge in [-0.25, -0.2) is 9.37 Å². The van der Waals surface area contributed by atoms with Crippen LogP contribution in [0.5, 0.6) is 0 Å². The van der Waals surface area contributed by atoms with E-state index in [0.29, 0.717) is 37.2 Å². The SMILES string of the molecule is Cl.O=C(Nc1nc2ccc(CN3CCCCC3)cc2n1[C@H]1CC[C@@H](C(=O)O)CC1)c1ccc(F)cc1. The molecule has 1 aliphatic carbocycles. The maximum Gasteiger partial charge on any atom is 0.306 e. The van der Waals surface area contributed by atoms with Gasteiger partial charge in [0.15, 0.2) is 0 Å². The molecule has 1 saturated heterocycles. The van der Waals surface area contributed by atoms with Crippen molar-refractivity contribution in [2.45, 2.75) is 57.5 Å². The van der Waals surface area contributed by atoms with Gasteiger partial charge in [-0.2, -0.15) is 0 Å². The fourth-order valence-electron chi connectivity index (χ4n) is 5.43. The highest BCUT2D eigenvalue weighted by molar-refractivity contribution is 6.04. The number of piperidine rings is 1. The summed E-state index contributed by atoms with van der Waals surface area (Å²) in [4.78, 5) is 31.6. The second kappa shape index (κ2) is 11.4. The predicted octanol–water partition coefficient (Wildman–Crippen LogP) is 5.65. The molecule has 9 heteroatoms. The van der Waals surface area contributed by atoms with Crippen LogP contribution in [0.2, 0.25) is 0 Å². The van der Waals surface area contributed by atoms with Crippen LogP contribution < -0.4 is 5.32 Å². The largest absolute Gasteiger partial charge is 0.481 e. The van der Waals surface area contributed by atoms with Crippen LogP contribution in [-0.4, -0.2) is 44.5 Å². The number of rotatable bonds is 6. The number of amides is 1. The molecule has 1 amide bonds. The fraction of sp³-hybridized carbons (Fsp3) is 0.444. The molecule has 0 radical (unpaired) electrons. The molecule has 2 heterocycles. The van der Waals surface area contributed by atoms with Crippen molar-refractivity contribution in [2.75, 3.05) is 18.4 Å². The van der Waals surface area contributed by atoms with Crippen molar-refractivity contribution >= 4 is 41.3 Å². The van der Waals surface area contributed by atoms with Gasteiger partial charge in [-0.3, -0.25) is 19.8 Å². The molecule has 5 rings (SSSR count). The van der Waals surface area contributed by atoms with E-state index in [0.717, 1.165) is 30.7 Å². The first-order chi connectivity index (χ1) is 17.0. The van der Waals surface area contributed by atoms with Crippen molar-refractivity contribution in [3.05, 3.63) is 59.4 Å². The fourth-order valence-corrected chi connectivity index (χ4v) is 5.43. The second-order valence-electron chi connectivity index (χ2n) is 9.77. The number of aromatic nitrogens is 2. The van der Waals surface area contributed by atoms with Crippen LogP contribution in [-0.2, 0) is 11.3 Å². The molecule has 1 aromatic heterocycles. The number of carbonyl (C=O) groups excluding carboxylic acids is 1. The number of hydrogen-bond acceptors (Lipinski definition) is 4. The number of carbonyl (C=O) groups is 2. The molecule has 36 heavy (non-hydrogen) atoms. The molecule has 3 aromatic rings. The van der Waals surface area contributed by atoms with Gasteiger partial charge in [-0.1, -0.05) is 12.5 Å². The third-order valence-corrected chi connectivity index (χ3v) is 7.35. The van der Waals surface area contributed by atoms with Crippen molar-refractivity contribution in [1.29, 1.82) is 0 Å². The Hall–Kier alpha value is -2.97. The number of anilines is 1. The van der Waals surface area contributed by atoms with Gasteiger partial charge >= 0.3 is 5.97 Å². The minimum atomic E-state index is -0.743. The topological polar surface area (TPSA) is 87.5 Å². The molecule has 2 aliphatic rings. The Balaban J connectivity index is 0.00000304. The molecule has 1 aliphatic heterocycles. The Morgan fingerprint density at radius 1 is 1.00 bits per heavy atom. The standard InChI is InChI=1S/C27H31FN4O3.ClH/c28-21-9-5-19(6-10-21)25(33)30-27-29-23-13-4-18(17-31-14-2-1-3-15-31)16-24(23)32(27)22-11-7-20(8-12-22)26(34)35;/h4-6,9-10,13,16,20,22H,1-3,7-8,11-12,14-15,17H2,(H,34,35)(H,29,30,33);1H/t20-,22+;. The van der Waals surface area contributed by atoms with Crippen LogP contribution in [0.4, 0.5) is 10.3 Å². The summed E-state index contributed by atoms with van der Waals surface area (Å²) in [6, 6.07) is 11.7. The van der Waals surface area contributed by atoms with Gasteiger partial charge < -0.3 is 9.67 Å². The molecule has 0 bridgehead atoms. The zero-order valence-electron chi connectivity index (χ0n) is 20.2. The Morgan fingerprint density at radius 2 is 1.69 bits per heavy atom. The first-order valence-electron chi connectivity index (χ1n) is 12.5. The number of nitrogens with zero attached hydrogens (tertiary/aromatic N) is 3. The van der Waals surface area contributed by atoms with E-state index in [2.05, 4.69) is 26.9 Å². The lowest BCUT2D eigenvalue weighted by Crippen LogP contribution is -2.29. The molecule has 2 aromatic carbocycles. The number of fused-ring (bicyclic) bond motifs is 1. The average molecular weight is 515 g/mol. The van der Waals surface area contributed by atoms with E-state index in [-0.39, 0.29) is 30.3 Å². The van der Waals surface area contributed by atoms with Gasteiger partial charge in [0.1, 0.15) is 5.82 Å². The van der Waals surface area contributed by atoms with Gasteiger partial charge in [-0.05, 0) is 93.6 Å². The highest BCUT2D eigenvalue weighted by atomic mass is 35.5. The summed E-state index contributed by atoms with van der Waals surface area (Å²) in [5.74, 6) is -1.37. The van der Waals surface area contributed by atoms with Crippen molar-refractivity contribution in [3.8, 4) is 0 Å². The maximum absolute atomic E-state index is 13.3. The minimum Gasteiger partial charge on any atom is -0.481 e. The first kappa shape index (κ1) is 26.1. The molecule has 0 atom stereocenters. The van der Waals surface area contributed by atoms with E-state index >= 15 is 0 Å². The Morgan fingerprint density at radius 3 is 2.36 bits per heavy atom. The maximum atomic E-state index is 13.3. The number of nitrogens with one attached hydrogen (secondary N) is 1. The third-order valence-electron chi connectivity index (χ3n) is 7.35. The number of carboxylic acids is 1. The van der Waals surface area contributed by atoms with Crippen molar-refractivity contribution in [3.63, 3.8) is 0 Å². The van der Waals surface area contributed by atoms with Crippen LogP contribution >= 0.6 is 12.4 Å². The highest BCUT2D eigenvalue weighted by Crippen LogP contribution is 2.37. The molecule has 7 nitrogen and oxygen atoms in total. The Kier molecular flexibility index (Phi) is 8.26. The van der Waals surface area contributed by atoms with E-state index < -0.39 is 11.8 Å². The lowest BCUT2D eigenvalue weighted by molar-refractivity contribution is -0.143. The molecule has 2 N–H and O–H groups in total. The summed E-state index contributed by atoms with van der Waals surface area (Å²) in [5, 5.41) is 12.4. The van der Waals surface area contributed by atoms with Gasteiger partial charge in [0.05, 0.1) is 17.0 Å². The summed E-state index contributed by atoms with van der Waals surface area (Å²) in [5.41, 5.74) is 3.30. The van der Waals surface area contributed by atoms with Crippen LogP contribution in [0.3, 0.4) is 0 Å². The quantitative estimate of drug-likeness (QED) is 0.443. The Bertz CT molecular complexity index is 1220. The molecule has 0 unspecified atom stereocenters. The molecule has 192 valence electrons. The molecular weight excluding hydrogens is 483 g/mol. The number of likely N-dealkylation sites (tertiary alicyclic amines) is 1. The molecule has 2 fully saturated rings. The van der Waals surface area contributed by atoms with Gasteiger partial charge in [0.2, 0.25) is 5.95 Å². The van der Waals surface area contributed by atoms with Gasteiger partial charge in [0, 0.05) is 18.2 Å². The first-order valence-corrected chi connectivity index (χ1v) is 12.5. The van der Waals surface area contributed by atoms with Crippen molar-refractivity contribution < 1.29 is 19.1 Å². The van der Waals surface area contributed by atoms with Crippen LogP contribution in [0.1, 0.15) is 66.9 Å². The zero-order valence-corrected chi connectivity index (χ0v) is 21.0. The summed E-state index contributed by atoms with van der Waals surface area (Å²) < 4.78 is 15.4. The predicted molar refractivity (Wildman–Crippen MR) is 139 cm³/mol. The number of carboxylic acid groups (broad SMARTS) is 1. The Labute approximate surface area is 216 Å². The van der Waals surface area contributed by atoms with E-state index in [1.54, 1.807) is 0 Å².